The number of carbonyl (C=O) groups excluding carboxylic acids is 1. The van der Waals surface area contributed by atoms with Crippen molar-refractivity contribution in [1.82, 2.24) is 4.90 Å². The average molecular weight is 292 g/mol. The number of nitrogens with one attached hydrogen (secondary N) is 1. The van der Waals surface area contributed by atoms with Crippen molar-refractivity contribution < 1.29 is 14.7 Å². The molecule has 1 atom stereocenters. The lowest BCUT2D eigenvalue weighted by Crippen LogP contribution is -2.41. The Morgan fingerprint density at radius 2 is 1.95 bits per heavy atom. The number of urea groups is 1. The number of hydrogen-bond acceptors (Lipinski definition) is 2. The van der Waals surface area contributed by atoms with Crippen LogP contribution in [0.1, 0.15) is 39.2 Å². The summed E-state index contributed by atoms with van der Waals surface area (Å²) in [4.78, 5) is 24.8. The molecule has 1 aromatic carbocycles. The number of amides is 2. The van der Waals surface area contributed by atoms with Crippen LogP contribution in [0, 0.1) is 0 Å². The Morgan fingerprint density at radius 3 is 2.52 bits per heavy atom. The maximum atomic E-state index is 12.3. The van der Waals surface area contributed by atoms with E-state index >= 15 is 0 Å². The quantitative estimate of drug-likeness (QED) is 0.809. The van der Waals surface area contributed by atoms with Gasteiger partial charge in [0.05, 0.1) is 0 Å². The summed E-state index contributed by atoms with van der Waals surface area (Å²) in [6, 6.07) is 7.35. The summed E-state index contributed by atoms with van der Waals surface area (Å²) in [5.74, 6) is -0.842. The number of aryl methyl sites for hydroxylation is 1. The summed E-state index contributed by atoms with van der Waals surface area (Å²) in [5.41, 5.74) is 1.53. The van der Waals surface area contributed by atoms with Gasteiger partial charge in [0.1, 0.15) is 0 Å². The molecule has 0 saturated carbocycles. The molecule has 0 fully saturated rings. The molecule has 5 heteroatoms. The number of carboxylic acids is 1. The summed E-state index contributed by atoms with van der Waals surface area (Å²) in [6.45, 7) is 6.64. The zero-order valence-corrected chi connectivity index (χ0v) is 12.9. The first-order chi connectivity index (χ1) is 9.99. The number of rotatable bonds is 7. The van der Waals surface area contributed by atoms with Crippen LogP contribution in [0.5, 0.6) is 0 Å². The SMILES string of the molecule is CCC(C)N(CC)C(=O)Nc1ccccc1CCC(=O)O. The fourth-order valence-electron chi connectivity index (χ4n) is 2.16. The van der Waals surface area contributed by atoms with Gasteiger partial charge in [-0.2, -0.15) is 0 Å². The largest absolute Gasteiger partial charge is 0.481 e. The fraction of sp³-hybridized carbons (Fsp3) is 0.500. The van der Waals surface area contributed by atoms with E-state index < -0.39 is 5.97 Å². The first-order valence-corrected chi connectivity index (χ1v) is 7.36. The molecule has 1 rings (SSSR count). The zero-order chi connectivity index (χ0) is 15.8. The number of carbonyl (C=O) groups is 2. The van der Waals surface area contributed by atoms with Crippen LogP contribution in [-0.2, 0) is 11.2 Å². The van der Waals surface area contributed by atoms with Gasteiger partial charge >= 0.3 is 12.0 Å². The van der Waals surface area contributed by atoms with E-state index in [1.54, 1.807) is 11.0 Å². The molecular formula is C16H24N2O3. The lowest BCUT2D eigenvalue weighted by molar-refractivity contribution is -0.136. The summed E-state index contributed by atoms with van der Waals surface area (Å²) in [6.07, 6.45) is 1.35. The molecule has 0 aliphatic rings. The molecule has 0 heterocycles. The molecule has 21 heavy (non-hydrogen) atoms. The lowest BCUT2D eigenvalue weighted by Gasteiger charge is -2.27. The van der Waals surface area contributed by atoms with E-state index in [-0.39, 0.29) is 18.5 Å². The predicted molar refractivity (Wildman–Crippen MR) is 83.6 cm³/mol. The minimum atomic E-state index is -0.842. The summed E-state index contributed by atoms with van der Waals surface area (Å²) < 4.78 is 0. The molecule has 5 nitrogen and oxygen atoms in total. The normalized spacial score (nSPS) is 11.8. The van der Waals surface area contributed by atoms with Crippen molar-refractivity contribution >= 4 is 17.7 Å². The van der Waals surface area contributed by atoms with Crippen LogP contribution in [0.2, 0.25) is 0 Å². The van der Waals surface area contributed by atoms with Gasteiger partial charge in [0.25, 0.3) is 0 Å². The monoisotopic (exact) mass is 292 g/mol. The van der Waals surface area contributed by atoms with Crippen LogP contribution in [0.4, 0.5) is 10.5 Å². The number of aliphatic carboxylic acids is 1. The van der Waals surface area contributed by atoms with Crippen LogP contribution in [0.25, 0.3) is 0 Å². The second-order valence-corrected chi connectivity index (χ2v) is 5.02. The molecule has 2 amide bonds. The molecule has 0 aromatic heterocycles. The second kappa shape index (κ2) is 8.29. The molecular weight excluding hydrogens is 268 g/mol. The Labute approximate surface area is 126 Å². The highest BCUT2D eigenvalue weighted by atomic mass is 16.4. The van der Waals surface area contributed by atoms with Crippen molar-refractivity contribution in [3.05, 3.63) is 29.8 Å². The Bertz CT molecular complexity index is 488. The maximum Gasteiger partial charge on any atom is 0.322 e. The van der Waals surface area contributed by atoms with Gasteiger partial charge in [0, 0.05) is 24.7 Å². The van der Waals surface area contributed by atoms with Crippen LogP contribution in [0.15, 0.2) is 24.3 Å². The summed E-state index contributed by atoms with van der Waals surface area (Å²) in [7, 11) is 0. The Kier molecular flexibility index (Phi) is 6.72. The summed E-state index contributed by atoms with van der Waals surface area (Å²) >= 11 is 0. The van der Waals surface area contributed by atoms with Crippen LogP contribution in [-0.4, -0.2) is 34.6 Å². The highest BCUT2D eigenvalue weighted by Crippen LogP contribution is 2.18. The highest BCUT2D eigenvalue weighted by molar-refractivity contribution is 5.90. The fourth-order valence-corrected chi connectivity index (χ4v) is 2.16. The molecule has 1 aromatic rings. The Balaban J connectivity index is 2.81. The number of para-hydroxylation sites is 1. The van der Waals surface area contributed by atoms with Gasteiger partial charge in [-0.25, -0.2) is 4.79 Å². The Morgan fingerprint density at radius 1 is 1.29 bits per heavy atom. The second-order valence-electron chi connectivity index (χ2n) is 5.02. The average Bonchev–Trinajstić information content (AvgIpc) is 2.46. The molecule has 116 valence electrons. The molecule has 2 N–H and O–H groups in total. The molecule has 0 bridgehead atoms. The van der Waals surface area contributed by atoms with E-state index in [0.717, 1.165) is 12.0 Å². The van der Waals surface area contributed by atoms with Gasteiger partial charge in [-0.15, -0.1) is 0 Å². The highest BCUT2D eigenvalue weighted by Gasteiger charge is 2.17. The number of benzene rings is 1. The van der Waals surface area contributed by atoms with E-state index in [0.29, 0.717) is 18.7 Å². The molecule has 0 saturated heterocycles. The van der Waals surface area contributed by atoms with Crippen molar-refractivity contribution in [3.63, 3.8) is 0 Å². The van der Waals surface area contributed by atoms with Gasteiger partial charge in [-0.1, -0.05) is 25.1 Å². The topological polar surface area (TPSA) is 69.6 Å². The van der Waals surface area contributed by atoms with Gasteiger partial charge in [0.15, 0.2) is 0 Å². The number of carboxylic acid groups (broad SMARTS) is 1. The zero-order valence-electron chi connectivity index (χ0n) is 12.9. The molecule has 0 aliphatic carbocycles. The smallest absolute Gasteiger partial charge is 0.322 e. The minimum Gasteiger partial charge on any atom is -0.481 e. The summed E-state index contributed by atoms with van der Waals surface area (Å²) in [5, 5.41) is 11.7. The van der Waals surface area contributed by atoms with E-state index in [9.17, 15) is 9.59 Å². The van der Waals surface area contributed by atoms with Crippen molar-refractivity contribution in [3.8, 4) is 0 Å². The lowest BCUT2D eigenvalue weighted by atomic mass is 10.1. The van der Waals surface area contributed by atoms with Crippen molar-refractivity contribution in [2.24, 2.45) is 0 Å². The third-order valence-electron chi connectivity index (χ3n) is 3.59. The first kappa shape index (κ1) is 17.0. The predicted octanol–water partition coefficient (Wildman–Crippen LogP) is 3.36. The molecule has 0 radical (unpaired) electrons. The van der Waals surface area contributed by atoms with Crippen LogP contribution >= 0.6 is 0 Å². The van der Waals surface area contributed by atoms with Gasteiger partial charge < -0.3 is 15.3 Å². The Hall–Kier alpha value is -2.04. The molecule has 0 aliphatic heterocycles. The van der Waals surface area contributed by atoms with Gasteiger partial charge in [-0.3, -0.25) is 4.79 Å². The molecule has 0 spiro atoms. The van der Waals surface area contributed by atoms with Gasteiger partial charge in [-0.05, 0) is 38.3 Å². The van der Waals surface area contributed by atoms with Crippen molar-refractivity contribution in [1.29, 1.82) is 0 Å². The first-order valence-electron chi connectivity index (χ1n) is 7.36. The van der Waals surface area contributed by atoms with E-state index in [4.69, 9.17) is 5.11 Å². The van der Waals surface area contributed by atoms with Crippen LogP contribution in [0.3, 0.4) is 0 Å². The molecule has 1 unspecified atom stereocenters. The maximum absolute atomic E-state index is 12.3. The van der Waals surface area contributed by atoms with Crippen molar-refractivity contribution in [2.75, 3.05) is 11.9 Å². The standard InChI is InChI=1S/C16H24N2O3/c1-4-12(3)18(5-2)16(21)17-14-9-7-6-8-13(14)10-11-15(19)20/h6-9,12H,4-5,10-11H2,1-3H3,(H,17,21)(H,19,20). The van der Waals surface area contributed by atoms with E-state index in [2.05, 4.69) is 5.32 Å². The van der Waals surface area contributed by atoms with E-state index in [1.807, 2.05) is 39.0 Å². The minimum absolute atomic E-state index is 0.0513. The number of anilines is 1. The van der Waals surface area contributed by atoms with E-state index in [1.165, 1.54) is 0 Å². The van der Waals surface area contributed by atoms with Gasteiger partial charge in [0.2, 0.25) is 0 Å². The number of hydrogen-bond donors (Lipinski definition) is 2. The van der Waals surface area contributed by atoms with Crippen molar-refractivity contribution in [2.45, 2.75) is 46.1 Å². The third-order valence-corrected chi connectivity index (χ3v) is 3.59. The van der Waals surface area contributed by atoms with Crippen LogP contribution < -0.4 is 5.32 Å². The number of nitrogens with zero attached hydrogens (tertiary/aromatic N) is 1. The third kappa shape index (κ3) is 5.10.